The molecule has 0 saturated carbocycles. The molecule has 0 radical (unpaired) electrons. The predicted octanol–water partition coefficient (Wildman–Crippen LogP) is 13.1. The highest BCUT2D eigenvalue weighted by Crippen LogP contribution is 2.41. The largest absolute Gasteiger partial charge is 0.308 e. The van der Waals surface area contributed by atoms with Gasteiger partial charge in [0, 0.05) is 60.0 Å². The van der Waals surface area contributed by atoms with Crippen LogP contribution in [0.4, 0.5) is 0 Å². The lowest BCUT2D eigenvalue weighted by Gasteiger charge is -2.16. The van der Waals surface area contributed by atoms with Crippen molar-refractivity contribution in [1.82, 2.24) is 24.5 Å². The molecule has 4 aromatic heterocycles. The van der Waals surface area contributed by atoms with E-state index in [2.05, 4.69) is 161 Å². The second-order valence-corrected chi connectivity index (χ2v) is 14.9. The van der Waals surface area contributed by atoms with E-state index in [0.717, 1.165) is 60.9 Å². The number of fused-ring (bicyclic) bond motifs is 6. The number of pyridine rings is 1. The van der Waals surface area contributed by atoms with Gasteiger partial charge in [-0.25, -0.2) is 15.0 Å². The van der Waals surface area contributed by atoms with Gasteiger partial charge in [-0.15, -0.1) is 11.3 Å². The Balaban J connectivity index is 1.15. The lowest BCUT2D eigenvalue weighted by Crippen LogP contribution is -2.04. The summed E-state index contributed by atoms with van der Waals surface area (Å²) in [5.74, 6) is 1.83. The number of benzene rings is 7. The molecule has 0 unspecified atom stereocenters. The zero-order valence-corrected chi connectivity index (χ0v) is 30.9. The first-order valence-electron chi connectivity index (χ1n) is 18.6. The normalized spacial score (nSPS) is 11.6. The molecular formula is C50H31N5S. The number of hydrogen-bond acceptors (Lipinski definition) is 5. The van der Waals surface area contributed by atoms with E-state index in [1.54, 1.807) is 0 Å². The molecule has 0 aliphatic rings. The third-order valence-corrected chi connectivity index (χ3v) is 11.8. The molecule has 0 N–H and O–H groups in total. The Morgan fingerprint density at radius 1 is 0.393 bits per heavy atom. The van der Waals surface area contributed by atoms with Crippen molar-refractivity contribution in [2.45, 2.75) is 0 Å². The Bertz CT molecular complexity index is 3200. The number of nitrogens with zero attached hydrogens (tertiary/aromatic N) is 5. The molecule has 56 heavy (non-hydrogen) atoms. The summed E-state index contributed by atoms with van der Waals surface area (Å²) in [6.07, 6.45) is 3.81. The Morgan fingerprint density at radius 3 is 1.89 bits per heavy atom. The quantitative estimate of drug-likeness (QED) is 0.171. The highest BCUT2D eigenvalue weighted by Gasteiger charge is 2.21. The third-order valence-electron chi connectivity index (χ3n) is 10.6. The zero-order chi connectivity index (χ0) is 37.0. The number of hydrogen-bond donors (Lipinski definition) is 0. The standard InChI is InChI=1S/C50H31N5S/c1-3-13-32(14-4-1)34-25-26-41(45(30-34)55-43-23-9-7-19-38(43)42-31-51-28-27-44(42)55)50-53-48(33-15-5-2-6-16-33)52-49(54-50)36-18-11-17-35(29-36)37-21-12-22-40-39-20-8-10-24-46(39)56-47(37)40/h1-31H. The summed E-state index contributed by atoms with van der Waals surface area (Å²) in [5.41, 5.74) is 10.4. The fourth-order valence-electron chi connectivity index (χ4n) is 7.93. The average molecular weight is 734 g/mol. The Hall–Kier alpha value is -7.28. The van der Waals surface area contributed by atoms with Crippen LogP contribution in [0.1, 0.15) is 0 Å². The SMILES string of the molecule is c1ccc(-c2ccc(-c3nc(-c4ccccc4)nc(-c4cccc(-c5cccc6c5sc5ccccc56)c4)n3)c(-n3c4ccccc4c4cnccc43)c2)cc1. The van der Waals surface area contributed by atoms with Crippen LogP contribution in [0.15, 0.2) is 188 Å². The van der Waals surface area contributed by atoms with Crippen LogP contribution in [0.2, 0.25) is 0 Å². The minimum atomic E-state index is 0.598. The number of para-hydroxylation sites is 1. The van der Waals surface area contributed by atoms with E-state index < -0.39 is 0 Å². The van der Waals surface area contributed by atoms with Crippen LogP contribution in [-0.4, -0.2) is 24.5 Å². The van der Waals surface area contributed by atoms with Crippen molar-refractivity contribution in [2.75, 3.05) is 0 Å². The van der Waals surface area contributed by atoms with Gasteiger partial charge in [-0.3, -0.25) is 4.98 Å². The maximum Gasteiger partial charge on any atom is 0.166 e. The Labute approximate surface area is 326 Å². The molecule has 0 bridgehead atoms. The summed E-state index contributed by atoms with van der Waals surface area (Å²) >= 11 is 1.84. The zero-order valence-electron chi connectivity index (χ0n) is 30.0. The predicted molar refractivity (Wildman–Crippen MR) is 232 cm³/mol. The van der Waals surface area contributed by atoms with E-state index in [1.807, 2.05) is 48.0 Å². The first kappa shape index (κ1) is 32.2. The molecule has 262 valence electrons. The van der Waals surface area contributed by atoms with Crippen molar-refractivity contribution in [1.29, 1.82) is 0 Å². The molecule has 6 heteroatoms. The summed E-state index contributed by atoms with van der Waals surface area (Å²) in [6.45, 7) is 0. The van der Waals surface area contributed by atoms with Gasteiger partial charge >= 0.3 is 0 Å². The van der Waals surface area contributed by atoms with E-state index in [0.29, 0.717) is 17.5 Å². The first-order valence-corrected chi connectivity index (χ1v) is 19.4. The lowest BCUT2D eigenvalue weighted by atomic mass is 10.00. The Morgan fingerprint density at radius 2 is 1.04 bits per heavy atom. The summed E-state index contributed by atoms with van der Waals surface area (Å²) < 4.78 is 4.89. The summed E-state index contributed by atoms with van der Waals surface area (Å²) in [6, 6.07) is 61.7. The molecule has 7 aromatic carbocycles. The third kappa shape index (κ3) is 5.38. The van der Waals surface area contributed by atoms with Crippen LogP contribution in [0.3, 0.4) is 0 Å². The number of thiophene rings is 1. The van der Waals surface area contributed by atoms with Crippen LogP contribution in [-0.2, 0) is 0 Å². The number of aromatic nitrogens is 5. The fraction of sp³-hybridized carbons (Fsp3) is 0. The lowest BCUT2D eigenvalue weighted by molar-refractivity contribution is 1.06. The molecule has 11 aromatic rings. The summed E-state index contributed by atoms with van der Waals surface area (Å²) in [5, 5.41) is 4.78. The van der Waals surface area contributed by atoms with Crippen molar-refractivity contribution < 1.29 is 0 Å². The van der Waals surface area contributed by atoms with E-state index in [4.69, 9.17) is 15.0 Å². The van der Waals surface area contributed by atoms with Gasteiger partial charge in [0.2, 0.25) is 0 Å². The van der Waals surface area contributed by atoms with Gasteiger partial charge in [-0.05, 0) is 58.7 Å². The van der Waals surface area contributed by atoms with Crippen LogP contribution in [0, 0.1) is 0 Å². The van der Waals surface area contributed by atoms with E-state index >= 15 is 0 Å². The monoisotopic (exact) mass is 733 g/mol. The van der Waals surface area contributed by atoms with Crippen LogP contribution in [0.25, 0.3) is 104 Å². The molecule has 0 aliphatic heterocycles. The molecule has 0 aliphatic carbocycles. The van der Waals surface area contributed by atoms with Gasteiger partial charge in [0.05, 0.1) is 16.7 Å². The van der Waals surface area contributed by atoms with Crippen molar-refractivity contribution in [3.05, 3.63) is 188 Å². The van der Waals surface area contributed by atoms with Crippen molar-refractivity contribution in [3.8, 4) is 62.1 Å². The second kappa shape index (κ2) is 13.2. The van der Waals surface area contributed by atoms with Crippen molar-refractivity contribution >= 4 is 53.3 Å². The topological polar surface area (TPSA) is 56.5 Å². The number of rotatable bonds is 6. The molecule has 0 amide bonds. The van der Waals surface area contributed by atoms with Crippen molar-refractivity contribution in [2.24, 2.45) is 0 Å². The molecule has 5 nitrogen and oxygen atoms in total. The highest BCUT2D eigenvalue weighted by molar-refractivity contribution is 7.26. The molecule has 11 rings (SSSR count). The van der Waals surface area contributed by atoms with Crippen molar-refractivity contribution in [3.63, 3.8) is 0 Å². The van der Waals surface area contributed by atoms with Gasteiger partial charge in [-0.1, -0.05) is 140 Å². The minimum absolute atomic E-state index is 0.598. The molecular weight excluding hydrogens is 703 g/mol. The molecule has 0 spiro atoms. The first-order chi connectivity index (χ1) is 27.8. The molecule has 0 saturated heterocycles. The van der Waals surface area contributed by atoms with Crippen LogP contribution >= 0.6 is 11.3 Å². The molecule has 4 heterocycles. The molecule has 0 fully saturated rings. The second-order valence-electron chi connectivity index (χ2n) is 13.9. The van der Waals surface area contributed by atoms with E-state index in [9.17, 15) is 0 Å². The van der Waals surface area contributed by atoms with Gasteiger partial charge in [0.1, 0.15) is 0 Å². The maximum atomic E-state index is 5.32. The van der Waals surface area contributed by atoms with E-state index in [1.165, 1.54) is 25.7 Å². The molecule has 0 atom stereocenters. The Kier molecular flexibility index (Phi) is 7.60. The van der Waals surface area contributed by atoms with Gasteiger partial charge in [0.15, 0.2) is 17.5 Å². The van der Waals surface area contributed by atoms with E-state index in [-0.39, 0.29) is 0 Å². The maximum absolute atomic E-state index is 5.32. The van der Waals surface area contributed by atoms with Gasteiger partial charge in [0.25, 0.3) is 0 Å². The highest BCUT2D eigenvalue weighted by atomic mass is 32.1. The fourth-order valence-corrected chi connectivity index (χ4v) is 9.17. The smallest absolute Gasteiger partial charge is 0.166 e. The minimum Gasteiger partial charge on any atom is -0.308 e. The van der Waals surface area contributed by atoms with Crippen LogP contribution < -0.4 is 0 Å². The van der Waals surface area contributed by atoms with Gasteiger partial charge < -0.3 is 4.57 Å². The average Bonchev–Trinajstić information content (AvgIpc) is 3.83. The van der Waals surface area contributed by atoms with Gasteiger partial charge in [-0.2, -0.15) is 0 Å². The van der Waals surface area contributed by atoms with Crippen LogP contribution in [0.5, 0.6) is 0 Å². The summed E-state index contributed by atoms with van der Waals surface area (Å²) in [4.78, 5) is 20.2. The summed E-state index contributed by atoms with van der Waals surface area (Å²) in [7, 11) is 0.